The highest BCUT2D eigenvalue weighted by atomic mass is 35.5. The molecule has 8 heteroatoms. The van der Waals surface area contributed by atoms with Crippen LogP contribution in [0, 0.1) is 13.8 Å². The Morgan fingerprint density at radius 1 is 1.22 bits per heavy atom. The monoisotopic (exact) mass is 409 g/mol. The maximum absolute atomic E-state index is 11.8. The van der Waals surface area contributed by atoms with Crippen molar-refractivity contribution in [2.75, 3.05) is 20.7 Å². The fourth-order valence-electron chi connectivity index (χ4n) is 2.40. The van der Waals surface area contributed by atoms with E-state index in [4.69, 9.17) is 27.9 Å². The molecule has 0 bridgehead atoms. The van der Waals surface area contributed by atoms with Crippen molar-refractivity contribution >= 4 is 41.2 Å². The van der Waals surface area contributed by atoms with Gasteiger partial charge in [-0.25, -0.2) is 4.79 Å². The molecule has 0 N–H and O–H groups in total. The van der Waals surface area contributed by atoms with Crippen LogP contribution in [0.2, 0.25) is 10.0 Å². The van der Waals surface area contributed by atoms with Gasteiger partial charge < -0.3 is 9.64 Å². The molecule has 2 rings (SSSR count). The lowest BCUT2D eigenvalue weighted by Gasteiger charge is -2.09. The van der Waals surface area contributed by atoms with Gasteiger partial charge in [-0.3, -0.25) is 9.48 Å². The summed E-state index contributed by atoms with van der Waals surface area (Å²) in [4.78, 5) is 24.6. The summed E-state index contributed by atoms with van der Waals surface area (Å²) >= 11 is 12.5. The number of ether oxygens (including phenoxy) is 1. The van der Waals surface area contributed by atoms with Crippen molar-refractivity contribution in [3.63, 3.8) is 0 Å². The first-order valence-electron chi connectivity index (χ1n) is 8.22. The van der Waals surface area contributed by atoms with Crippen molar-refractivity contribution in [1.82, 2.24) is 14.7 Å². The van der Waals surface area contributed by atoms with E-state index in [-0.39, 0.29) is 12.5 Å². The Kier molecular flexibility index (Phi) is 7.05. The van der Waals surface area contributed by atoms with Crippen molar-refractivity contribution in [3.8, 4) is 0 Å². The number of likely N-dealkylation sites (N-methyl/N-ethyl adjacent to an activating group) is 1. The van der Waals surface area contributed by atoms with Gasteiger partial charge in [0.15, 0.2) is 6.61 Å². The number of hydrogen-bond donors (Lipinski definition) is 0. The second-order valence-corrected chi connectivity index (χ2v) is 6.99. The lowest BCUT2D eigenvalue weighted by molar-refractivity contribution is -0.146. The summed E-state index contributed by atoms with van der Waals surface area (Å²) in [5.41, 5.74) is 3.19. The predicted octanol–water partition coefficient (Wildman–Crippen LogP) is 3.50. The Bertz CT molecular complexity index is 868. The Balaban J connectivity index is 2.13. The molecule has 1 aromatic heterocycles. The topological polar surface area (TPSA) is 64.4 Å². The zero-order valence-electron chi connectivity index (χ0n) is 15.6. The van der Waals surface area contributed by atoms with Crippen molar-refractivity contribution in [2.24, 2.45) is 0 Å². The molecule has 0 aliphatic heterocycles. The fraction of sp³-hybridized carbons (Fsp3) is 0.316. The van der Waals surface area contributed by atoms with Crippen LogP contribution in [-0.4, -0.2) is 47.3 Å². The van der Waals surface area contributed by atoms with E-state index in [1.54, 1.807) is 43.1 Å². The van der Waals surface area contributed by atoms with Gasteiger partial charge in [0.05, 0.1) is 12.2 Å². The van der Waals surface area contributed by atoms with E-state index in [2.05, 4.69) is 5.10 Å². The Hall–Kier alpha value is -2.31. The molecular weight excluding hydrogens is 389 g/mol. The summed E-state index contributed by atoms with van der Waals surface area (Å²) in [6.07, 6.45) is 2.91. The van der Waals surface area contributed by atoms with Gasteiger partial charge in [0.1, 0.15) is 0 Å². The molecule has 27 heavy (non-hydrogen) atoms. The molecule has 1 aromatic carbocycles. The molecular formula is C19H21Cl2N3O3. The van der Waals surface area contributed by atoms with E-state index in [1.807, 2.05) is 13.8 Å². The molecule has 0 radical (unpaired) electrons. The van der Waals surface area contributed by atoms with E-state index < -0.39 is 5.97 Å². The molecule has 0 spiro atoms. The average Bonchev–Trinajstić information content (AvgIpc) is 2.87. The minimum Gasteiger partial charge on any atom is -0.452 e. The molecule has 2 aromatic rings. The molecule has 0 saturated heterocycles. The Morgan fingerprint density at radius 2 is 1.85 bits per heavy atom. The summed E-state index contributed by atoms with van der Waals surface area (Å²) in [5.74, 6) is -0.876. The summed E-state index contributed by atoms with van der Waals surface area (Å²) in [6, 6.07) is 5.34. The zero-order chi connectivity index (χ0) is 20.1. The summed E-state index contributed by atoms with van der Waals surface area (Å²) in [6.45, 7) is 3.86. The number of halogens is 2. The smallest absolute Gasteiger partial charge is 0.331 e. The Morgan fingerprint density at radius 3 is 2.44 bits per heavy atom. The molecule has 0 fully saturated rings. The van der Waals surface area contributed by atoms with Crippen LogP contribution in [0.5, 0.6) is 0 Å². The van der Waals surface area contributed by atoms with Crippen LogP contribution in [0.1, 0.15) is 22.5 Å². The summed E-state index contributed by atoms with van der Waals surface area (Å²) < 4.78 is 6.70. The van der Waals surface area contributed by atoms with Crippen LogP contribution in [0.4, 0.5) is 0 Å². The molecule has 0 saturated carbocycles. The minimum atomic E-state index is -0.592. The van der Waals surface area contributed by atoms with Gasteiger partial charge in [-0.1, -0.05) is 29.3 Å². The maximum atomic E-state index is 11.8. The van der Waals surface area contributed by atoms with E-state index >= 15 is 0 Å². The van der Waals surface area contributed by atoms with Crippen LogP contribution in [0.25, 0.3) is 6.08 Å². The van der Waals surface area contributed by atoms with E-state index in [9.17, 15) is 9.59 Å². The summed E-state index contributed by atoms with van der Waals surface area (Å²) in [5, 5.41) is 5.64. The standard InChI is InChI=1S/C19H21Cl2N3O3/c1-12-14(8-9-19(26)27-11-18(25)23(3)4)13(2)24(22-12)10-15-16(20)6-5-7-17(15)21/h5-9H,10-11H2,1-4H3/b9-8+. The first kappa shape index (κ1) is 21.0. The van der Waals surface area contributed by atoms with Crippen LogP contribution in [-0.2, 0) is 20.9 Å². The van der Waals surface area contributed by atoms with Gasteiger partial charge in [0, 0.05) is 47.0 Å². The highest BCUT2D eigenvalue weighted by Gasteiger charge is 2.13. The van der Waals surface area contributed by atoms with Crippen molar-refractivity contribution in [1.29, 1.82) is 0 Å². The maximum Gasteiger partial charge on any atom is 0.331 e. The lowest BCUT2D eigenvalue weighted by atomic mass is 10.1. The molecule has 6 nitrogen and oxygen atoms in total. The third kappa shape index (κ3) is 5.34. The van der Waals surface area contributed by atoms with E-state index in [0.29, 0.717) is 16.6 Å². The van der Waals surface area contributed by atoms with Crippen LogP contribution < -0.4 is 0 Å². The Labute approximate surface area is 168 Å². The van der Waals surface area contributed by atoms with Crippen LogP contribution >= 0.6 is 23.2 Å². The second kappa shape index (κ2) is 9.06. The minimum absolute atomic E-state index is 0.284. The van der Waals surface area contributed by atoms with Crippen molar-refractivity contribution < 1.29 is 14.3 Å². The number of rotatable bonds is 6. The molecule has 1 amide bonds. The van der Waals surface area contributed by atoms with Gasteiger partial charge >= 0.3 is 5.97 Å². The summed E-state index contributed by atoms with van der Waals surface area (Å²) in [7, 11) is 3.19. The highest BCUT2D eigenvalue weighted by molar-refractivity contribution is 6.35. The third-order valence-electron chi connectivity index (χ3n) is 4.03. The zero-order valence-corrected chi connectivity index (χ0v) is 17.1. The normalized spacial score (nSPS) is 11.0. The molecule has 0 atom stereocenters. The van der Waals surface area contributed by atoms with Crippen molar-refractivity contribution in [2.45, 2.75) is 20.4 Å². The number of nitrogens with zero attached hydrogens (tertiary/aromatic N) is 3. The molecule has 144 valence electrons. The van der Waals surface area contributed by atoms with Gasteiger partial charge in [0.25, 0.3) is 5.91 Å². The SMILES string of the molecule is Cc1nn(Cc2c(Cl)cccc2Cl)c(C)c1/C=C/C(=O)OCC(=O)N(C)C. The molecule has 0 unspecified atom stereocenters. The van der Waals surface area contributed by atoms with Crippen molar-refractivity contribution in [3.05, 3.63) is 56.8 Å². The number of carbonyl (C=O) groups excluding carboxylic acids is 2. The fourth-order valence-corrected chi connectivity index (χ4v) is 2.92. The first-order chi connectivity index (χ1) is 12.7. The van der Waals surface area contributed by atoms with Crippen LogP contribution in [0.3, 0.4) is 0 Å². The predicted molar refractivity (Wildman–Crippen MR) is 106 cm³/mol. The molecule has 0 aliphatic rings. The van der Waals surface area contributed by atoms with E-state index in [1.165, 1.54) is 11.0 Å². The first-order valence-corrected chi connectivity index (χ1v) is 8.98. The lowest BCUT2D eigenvalue weighted by Crippen LogP contribution is -2.27. The number of benzene rings is 1. The number of amides is 1. The second-order valence-electron chi connectivity index (χ2n) is 6.17. The third-order valence-corrected chi connectivity index (χ3v) is 4.74. The van der Waals surface area contributed by atoms with Gasteiger partial charge in [-0.05, 0) is 32.1 Å². The number of aryl methyl sites for hydroxylation is 1. The van der Waals surface area contributed by atoms with E-state index in [0.717, 1.165) is 22.5 Å². The van der Waals surface area contributed by atoms with Gasteiger partial charge in [-0.2, -0.15) is 5.10 Å². The molecule has 0 aliphatic carbocycles. The van der Waals surface area contributed by atoms with Gasteiger partial charge in [-0.15, -0.1) is 0 Å². The average molecular weight is 410 g/mol. The molecule has 1 heterocycles. The van der Waals surface area contributed by atoms with Gasteiger partial charge in [0.2, 0.25) is 0 Å². The number of aromatic nitrogens is 2. The number of carbonyl (C=O) groups is 2. The number of hydrogen-bond acceptors (Lipinski definition) is 4. The largest absolute Gasteiger partial charge is 0.452 e. The highest BCUT2D eigenvalue weighted by Crippen LogP contribution is 2.26. The quantitative estimate of drug-likeness (QED) is 0.540. The number of esters is 1. The van der Waals surface area contributed by atoms with Crippen LogP contribution in [0.15, 0.2) is 24.3 Å².